The van der Waals surface area contributed by atoms with Crippen molar-refractivity contribution in [2.24, 2.45) is 0 Å². The molecule has 0 spiro atoms. The molecule has 0 atom stereocenters. The molecule has 0 fully saturated rings. The fourth-order valence-corrected chi connectivity index (χ4v) is 10.2. The molecule has 0 unspecified atom stereocenters. The number of hydrogen-bond acceptors (Lipinski definition) is 3. The Balaban J connectivity index is 1.34. The summed E-state index contributed by atoms with van der Waals surface area (Å²) in [5, 5.41) is 1.02. The Bertz CT molecular complexity index is 2860. The van der Waals surface area contributed by atoms with Gasteiger partial charge in [-0.1, -0.05) is 208 Å². The first-order valence-electron chi connectivity index (χ1n) is 20.2. The van der Waals surface area contributed by atoms with Crippen molar-refractivity contribution in [1.82, 2.24) is 9.97 Å². The quantitative estimate of drug-likeness (QED) is 0.151. The maximum Gasteiger partial charge on any atom is 0.160 e. The van der Waals surface area contributed by atoms with Crippen LogP contribution >= 0.6 is 11.8 Å². The van der Waals surface area contributed by atoms with Gasteiger partial charge in [-0.15, -0.1) is 0 Å². The van der Waals surface area contributed by atoms with Crippen molar-refractivity contribution < 1.29 is 0 Å². The van der Waals surface area contributed by atoms with Crippen molar-refractivity contribution in [3.8, 4) is 78.1 Å². The van der Waals surface area contributed by atoms with Crippen LogP contribution < -0.4 is 0 Å². The van der Waals surface area contributed by atoms with E-state index in [0.717, 1.165) is 55.4 Å². The van der Waals surface area contributed by atoms with E-state index in [0.29, 0.717) is 0 Å². The van der Waals surface area contributed by atoms with Gasteiger partial charge in [0.05, 0.1) is 0 Å². The van der Waals surface area contributed by atoms with Gasteiger partial charge in [0.15, 0.2) is 5.82 Å². The minimum absolute atomic E-state index is 0.204. The van der Waals surface area contributed by atoms with Gasteiger partial charge in [0.25, 0.3) is 0 Å². The van der Waals surface area contributed by atoms with Crippen LogP contribution in [-0.2, 0) is 5.41 Å². The van der Waals surface area contributed by atoms with E-state index >= 15 is 0 Å². The molecule has 0 N–H and O–H groups in total. The Hall–Kier alpha value is -6.81. The molecule has 0 saturated carbocycles. The normalized spacial score (nSPS) is 12.7. The Morgan fingerprint density at radius 3 is 1.24 bits per heavy atom. The van der Waals surface area contributed by atoms with Gasteiger partial charge in [-0.2, -0.15) is 0 Å². The van der Waals surface area contributed by atoms with Crippen molar-refractivity contribution in [2.75, 3.05) is 0 Å². The summed E-state index contributed by atoms with van der Waals surface area (Å²) in [5.74, 6) is 0.737. The highest BCUT2D eigenvalue weighted by Gasteiger charge is 2.35. The summed E-state index contributed by atoms with van der Waals surface area (Å²) >= 11 is 1.75. The number of benzene rings is 8. The molecular formula is C56H42N2S. The summed E-state index contributed by atoms with van der Waals surface area (Å²) in [5.41, 5.74) is 18.5. The first-order chi connectivity index (χ1) is 29.0. The van der Waals surface area contributed by atoms with Gasteiger partial charge in [-0.3, -0.25) is 0 Å². The van der Waals surface area contributed by atoms with Gasteiger partial charge in [0.2, 0.25) is 0 Å². The lowest BCUT2D eigenvalue weighted by atomic mass is 9.74. The van der Waals surface area contributed by atoms with E-state index in [1.807, 2.05) is 0 Å². The highest BCUT2D eigenvalue weighted by molar-refractivity contribution is 7.99. The number of rotatable bonds is 7. The molecule has 8 aromatic carbocycles. The first-order valence-corrected chi connectivity index (χ1v) is 21.1. The monoisotopic (exact) mass is 774 g/mol. The van der Waals surface area contributed by atoms with Crippen molar-refractivity contribution in [2.45, 2.75) is 36.1 Å². The smallest absolute Gasteiger partial charge is 0.160 e. The van der Waals surface area contributed by atoms with Gasteiger partial charge >= 0.3 is 0 Å². The van der Waals surface area contributed by atoms with Crippen LogP contribution in [0, 0.1) is 6.92 Å². The highest BCUT2D eigenvalue weighted by atomic mass is 32.2. The molecule has 1 aliphatic rings. The second kappa shape index (κ2) is 15.2. The average Bonchev–Trinajstić information content (AvgIpc) is 3.29. The lowest BCUT2D eigenvalue weighted by Gasteiger charge is -2.33. The maximum absolute atomic E-state index is 5.37. The van der Waals surface area contributed by atoms with Gasteiger partial charge < -0.3 is 0 Å². The zero-order chi connectivity index (χ0) is 39.9. The van der Waals surface area contributed by atoms with Crippen molar-refractivity contribution in [1.29, 1.82) is 0 Å². The summed E-state index contributed by atoms with van der Waals surface area (Å²) in [4.78, 5) is 11.8. The standard InChI is InChI=1S/C56H42N2S/c1-37-33-34-43(35-44(37)54-57-36-46-55(58-54)59-47-32-20-19-31-45(47)56(46,2)3)53-51(41-27-15-7-16-28-41)49(39-23-11-5-12-24-39)48(38-21-9-4-10-22-38)50(40-25-13-6-14-26-40)52(53)42-29-17-8-18-30-42/h4-36H,1-3H3. The molecule has 0 amide bonds. The van der Waals surface area contributed by atoms with E-state index in [2.05, 4.69) is 221 Å². The number of aromatic nitrogens is 2. The topological polar surface area (TPSA) is 25.8 Å². The molecule has 9 aromatic rings. The third kappa shape index (κ3) is 6.49. The number of nitrogens with zero attached hydrogens (tertiary/aromatic N) is 2. The minimum atomic E-state index is -0.204. The summed E-state index contributed by atoms with van der Waals surface area (Å²) in [6.07, 6.45) is 2.06. The predicted molar refractivity (Wildman–Crippen MR) is 248 cm³/mol. The molecule has 0 saturated heterocycles. The Kier molecular flexibility index (Phi) is 9.39. The van der Waals surface area contributed by atoms with Crippen LogP contribution in [0.3, 0.4) is 0 Å². The van der Waals surface area contributed by atoms with E-state index < -0.39 is 0 Å². The molecule has 59 heavy (non-hydrogen) atoms. The lowest BCUT2D eigenvalue weighted by molar-refractivity contribution is 0.594. The molecule has 2 nitrogen and oxygen atoms in total. The molecule has 0 aliphatic carbocycles. The Morgan fingerprint density at radius 1 is 0.407 bits per heavy atom. The van der Waals surface area contributed by atoms with Gasteiger partial charge in [-0.25, -0.2) is 9.97 Å². The summed E-state index contributed by atoms with van der Waals surface area (Å²) in [7, 11) is 0. The fraction of sp³-hybridized carbons (Fsp3) is 0.0714. The zero-order valence-electron chi connectivity index (χ0n) is 33.4. The SMILES string of the molecule is Cc1ccc(-c2c(-c3ccccc3)c(-c3ccccc3)c(-c3ccccc3)c(-c3ccccc3)c2-c2ccccc2)cc1-c1ncc2c(n1)Sc1ccccc1C2(C)C. The van der Waals surface area contributed by atoms with Crippen molar-refractivity contribution in [3.05, 3.63) is 217 Å². The molecule has 0 radical (unpaired) electrons. The second-order valence-electron chi connectivity index (χ2n) is 15.7. The van der Waals surface area contributed by atoms with Crippen LogP contribution in [-0.4, -0.2) is 9.97 Å². The molecule has 10 rings (SSSR count). The number of aryl methyl sites for hydroxylation is 1. The van der Waals surface area contributed by atoms with Crippen LogP contribution in [0.4, 0.5) is 0 Å². The molecule has 282 valence electrons. The predicted octanol–water partition coefficient (Wildman–Crippen LogP) is 15.2. The lowest BCUT2D eigenvalue weighted by Crippen LogP contribution is -2.24. The van der Waals surface area contributed by atoms with Gasteiger partial charge in [0, 0.05) is 27.6 Å². The number of hydrogen-bond donors (Lipinski definition) is 0. The van der Waals surface area contributed by atoms with E-state index in [1.165, 1.54) is 49.4 Å². The molecule has 0 bridgehead atoms. The molecule has 3 heteroatoms. The van der Waals surface area contributed by atoms with Crippen LogP contribution in [0.15, 0.2) is 210 Å². The highest BCUT2D eigenvalue weighted by Crippen LogP contribution is 2.56. The average molecular weight is 775 g/mol. The second-order valence-corrected chi connectivity index (χ2v) is 16.8. The van der Waals surface area contributed by atoms with Crippen LogP contribution in [0.1, 0.15) is 30.5 Å². The third-order valence-electron chi connectivity index (χ3n) is 11.8. The largest absolute Gasteiger partial charge is 0.236 e. The van der Waals surface area contributed by atoms with Gasteiger partial charge in [-0.05, 0) is 96.9 Å². The zero-order valence-corrected chi connectivity index (χ0v) is 34.2. The summed E-state index contributed by atoms with van der Waals surface area (Å²) in [6, 6.07) is 70.2. The van der Waals surface area contributed by atoms with Crippen molar-refractivity contribution in [3.63, 3.8) is 0 Å². The van der Waals surface area contributed by atoms with Crippen molar-refractivity contribution >= 4 is 11.8 Å². The van der Waals surface area contributed by atoms with Crippen LogP contribution in [0.2, 0.25) is 0 Å². The van der Waals surface area contributed by atoms with Crippen LogP contribution in [0.25, 0.3) is 78.1 Å². The number of fused-ring (bicyclic) bond motifs is 2. The molecular weight excluding hydrogens is 733 g/mol. The maximum atomic E-state index is 5.37. The van der Waals surface area contributed by atoms with E-state index in [4.69, 9.17) is 9.97 Å². The minimum Gasteiger partial charge on any atom is -0.236 e. The molecule has 1 aliphatic heterocycles. The third-order valence-corrected chi connectivity index (χ3v) is 12.9. The Labute approximate surface area is 351 Å². The fourth-order valence-electron chi connectivity index (χ4n) is 8.85. The van der Waals surface area contributed by atoms with E-state index in [-0.39, 0.29) is 5.41 Å². The van der Waals surface area contributed by atoms with E-state index in [1.54, 1.807) is 11.8 Å². The van der Waals surface area contributed by atoms with E-state index in [9.17, 15) is 0 Å². The van der Waals surface area contributed by atoms with Crippen LogP contribution in [0.5, 0.6) is 0 Å². The Morgan fingerprint density at radius 2 is 0.797 bits per heavy atom. The molecule has 2 heterocycles. The summed E-state index contributed by atoms with van der Waals surface area (Å²) < 4.78 is 0. The van der Waals surface area contributed by atoms with Gasteiger partial charge in [0.1, 0.15) is 5.03 Å². The summed E-state index contributed by atoms with van der Waals surface area (Å²) in [6.45, 7) is 6.74. The molecule has 1 aromatic heterocycles. The first kappa shape index (κ1) is 36.5.